The highest BCUT2D eigenvalue weighted by Crippen LogP contribution is 2.35. The molecule has 24 heavy (non-hydrogen) atoms. The van der Waals surface area contributed by atoms with Gasteiger partial charge < -0.3 is 0 Å². The molecule has 2 N–H and O–H groups in total. The first-order valence-electron chi connectivity index (χ1n) is 6.97. The van der Waals surface area contributed by atoms with Gasteiger partial charge in [-0.25, -0.2) is 0 Å². The first kappa shape index (κ1) is 17.3. The molecule has 0 aliphatic rings. The van der Waals surface area contributed by atoms with Gasteiger partial charge in [0.1, 0.15) is 0 Å². The molecule has 0 aliphatic heterocycles. The van der Waals surface area contributed by atoms with E-state index in [2.05, 4.69) is 10.9 Å². The van der Waals surface area contributed by atoms with Crippen LogP contribution in [0.15, 0.2) is 36.4 Å². The highest BCUT2D eigenvalue weighted by molar-refractivity contribution is 5.95. The summed E-state index contributed by atoms with van der Waals surface area (Å²) in [7, 11) is 0. The van der Waals surface area contributed by atoms with Crippen LogP contribution in [-0.2, 0) is 6.18 Å². The molecule has 0 aromatic heterocycles. The number of aryl methyl sites for hydroxylation is 2. The number of nitriles is 1. The number of hydrazine groups is 1. The second-order valence-electron chi connectivity index (χ2n) is 5.25. The third-order valence-corrected chi connectivity index (χ3v) is 3.53. The van der Waals surface area contributed by atoms with Crippen molar-refractivity contribution in [2.75, 3.05) is 5.43 Å². The van der Waals surface area contributed by atoms with Crippen molar-refractivity contribution in [2.45, 2.75) is 20.0 Å². The van der Waals surface area contributed by atoms with Crippen LogP contribution in [0, 0.1) is 25.2 Å². The average molecular weight is 333 g/mol. The Kier molecular flexibility index (Phi) is 4.79. The van der Waals surface area contributed by atoms with Gasteiger partial charge in [0.25, 0.3) is 5.91 Å². The van der Waals surface area contributed by atoms with E-state index < -0.39 is 17.6 Å². The summed E-state index contributed by atoms with van der Waals surface area (Å²) in [6.07, 6.45) is -4.65. The van der Waals surface area contributed by atoms with Crippen LogP contribution in [0.2, 0.25) is 0 Å². The fourth-order valence-electron chi connectivity index (χ4n) is 2.04. The molecule has 0 saturated heterocycles. The number of nitrogens with zero attached hydrogens (tertiary/aromatic N) is 1. The lowest BCUT2D eigenvalue weighted by Crippen LogP contribution is -2.30. The maximum atomic E-state index is 13.0. The van der Waals surface area contributed by atoms with E-state index in [1.54, 1.807) is 24.3 Å². The summed E-state index contributed by atoms with van der Waals surface area (Å²) in [6, 6.07) is 9.71. The first-order chi connectivity index (χ1) is 11.2. The van der Waals surface area contributed by atoms with Crippen molar-refractivity contribution in [3.8, 4) is 6.07 Å². The molecule has 2 aromatic rings. The minimum Gasteiger partial charge on any atom is -0.298 e. The van der Waals surface area contributed by atoms with Gasteiger partial charge in [0, 0.05) is 5.56 Å². The van der Waals surface area contributed by atoms with Crippen molar-refractivity contribution in [1.29, 1.82) is 5.26 Å². The van der Waals surface area contributed by atoms with Gasteiger partial charge in [-0.2, -0.15) is 18.4 Å². The first-order valence-corrected chi connectivity index (χ1v) is 6.97. The lowest BCUT2D eigenvalue weighted by Gasteiger charge is -2.15. The Hall–Kier alpha value is -3.01. The molecule has 0 fully saturated rings. The van der Waals surface area contributed by atoms with Gasteiger partial charge in [-0.15, -0.1) is 0 Å². The molecular weight excluding hydrogens is 319 g/mol. The fraction of sp³-hybridized carbons (Fsp3) is 0.176. The molecule has 0 atom stereocenters. The predicted molar refractivity (Wildman–Crippen MR) is 83.2 cm³/mol. The lowest BCUT2D eigenvalue weighted by atomic mass is 10.1. The number of carbonyl (C=O) groups is 1. The molecule has 0 saturated carbocycles. The van der Waals surface area contributed by atoms with Crippen molar-refractivity contribution in [2.24, 2.45) is 0 Å². The summed E-state index contributed by atoms with van der Waals surface area (Å²) in [4.78, 5) is 12.1. The number of alkyl halides is 3. The second-order valence-corrected chi connectivity index (χ2v) is 5.25. The summed E-state index contributed by atoms with van der Waals surface area (Å²) < 4.78 is 39.1. The van der Waals surface area contributed by atoms with E-state index >= 15 is 0 Å². The zero-order chi connectivity index (χ0) is 17.9. The molecule has 7 heteroatoms. The van der Waals surface area contributed by atoms with Gasteiger partial charge >= 0.3 is 6.18 Å². The van der Waals surface area contributed by atoms with E-state index in [1.807, 2.05) is 13.8 Å². The van der Waals surface area contributed by atoms with Crippen LogP contribution in [0.4, 0.5) is 18.9 Å². The summed E-state index contributed by atoms with van der Waals surface area (Å²) in [5.74, 6) is -0.560. The molecule has 2 rings (SSSR count). The Morgan fingerprint density at radius 2 is 1.79 bits per heavy atom. The van der Waals surface area contributed by atoms with Crippen molar-refractivity contribution in [3.05, 3.63) is 64.2 Å². The number of anilines is 1. The number of carbonyl (C=O) groups excluding carboxylic acids is 1. The van der Waals surface area contributed by atoms with Crippen LogP contribution in [0.25, 0.3) is 0 Å². The van der Waals surface area contributed by atoms with E-state index in [-0.39, 0.29) is 11.3 Å². The number of halogens is 3. The van der Waals surface area contributed by atoms with E-state index in [1.165, 1.54) is 6.07 Å². The fourth-order valence-corrected chi connectivity index (χ4v) is 2.04. The molecule has 0 aliphatic carbocycles. The highest BCUT2D eigenvalue weighted by Gasteiger charge is 2.34. The molecule has 1 amide bonds. The Morgan fingerprint density at radius 3 is 2.38 bits per heavy atom. The molecule has 0 spiro atoms. The van der Waals surface area contributed by atoms with Crippen molar-refractivity contribution in [3.63, 3.8) is 0 Å². The van der Waals surface area contributed by atoms with Crippen LogP contribution in [0.5, 0.6) is 0 Å². The molecule has 0 bridgehead atoms. The largest absolute Gasteiger partial charge is 0.418 e. The third-order valence-electron chi connectivity index (χ3n) is 3.53. The van der Waals surface area contributed by atoms with E-state index in [4.69, 9.17) is 5.26 Å². The Balaban J connectivity index is 2.21. The van der Waals surface area contributed by atoms with Crippen LogP contribution in [0.3, 0.4) is 0 Å². The zero-order valence-electron chi connectivity index (χ0n) is 13.0. The monoisotopic (exact) mass is 333 g/mol. The highest BCUT2D eigenvalue weighted by atomic mass is 19.4. The molecule has 0 heterocycles. The van der Waals surface area contributed by atoms with Crippen LogP contribution in [0.1, 0.15) is 32.6 Å². The summed E-state index contributed by atoms with van der Waals surface area (Å²) in [6.45, 7) is 3.73. The maximum absolute atomic E-state index is 13.0. The minimum atomic E-state index is -4.65. The topological polar surface area (TPSA) is 64.9 Å². The van der Waals surface area contributed by atoms with Crippen molar-refractivity contribution < 1.29 is 18.0 Å². The quantitative estimate of drug-likeness (QED) is 0.836. The number of hydrogen-bond acceptors (Lipinski definition) is 3. The van der Waals surface area contributed by atoms with Crippen molar-refractivity contribution >= 4 is 11.6 Å². The number of rotatable bonds is 3. The summed E-state index contributed by atoms with van der Waals surface area (Å²) in [5.41, 5.74) is 5.27. The normalized spacial score (nSPS) is 10.8. The van der Waals surface area contributed by atoms with Crippen LogP contribution >= 0.6 is 0 Å². The van der Waals surface area contributed by atoms with E-state index in [0.717, 1.165) is 23.3 Å². The predicted octanol–water partition coefficient (Wildman–Crippen LogP) is 3.95. The van der Waals surface area contributed by atoms with E-state index in [0.29, 0.717) is 5.56 Å². The summed E-state index contributed by atoms with van der Waals surface area (Å²) in [5, 5.41) is 8.73. The molecule has 124 valence electrons. The van der Waals surface area contributed by atoms with Gasteiger partial charge in [0.15, 0.2) is 0 Å². The minimum absolute atomic E-state index is 0.117. The Morgan fingerprint density at radius 1 is 1.08 bits per heavy atom. The Bertz CT molecular complexity index is 823. The molecule has 0 unspecified atom stereocenters. The van der Waals surface area contributed by atoms with Crippen molar-refractivity contribution in [1.82, 2.24) is 5.43 Å². The van der Waals surface area contributed by atoms with Gasteiger partial charge in [0.05, 0.1) is 22.9 Å². The van der Waals surface area contributed by atoms with Gasteiger partial charge in [0.2, 0.25) is 0 Å². The number of nitrogens with one attached hydrogen (secondary N) is 2. The summed E-state index contributed by atoms with van der Waals surface area (Å²) >= 11 is 0. The maximum Gasteiger partial charge on any atom is 0.418 e. The SMILES string of the molecule is Cc1ccc(C(=O)NNc2ccc(C#N)cc2C(F)(F)F)cc1C. The molecule has 4 nitrogen and oxygen atoms in total. The Labute approximate surface area is 136 Å². The van der Waals surface area contributed by atoms with E-state index in [9.17, 15) is 18.0 Å². The number of hydrogen-bond donors (Lipinski definition) is 2. The zero-order valence-corrected chi connectivity index (χ0v) is 13.0. The molecular formula is C17H14F3N3O. The van der Waals surface area contributed by atoms with Gasteiger partial charge in [-0.1, -0.05) is 6.07 Å². The molecule has 2 aromatic carbocycles. The number of amides is 1. The van der Waals surface area contributed by atoms with Gasteiger partial charge in [-0.05, 0) is 55.3 Å². The third kappa shape index (κ3) is 3.84. The number of benzene rings is 2. The van der Waals surface area contributed by atoms with Gasteiger partial charge in [-0.3, -0.25) is 15.6 Å². The molecule has 0 radical (unpaired) electrons. The van der Waals surface area contributed by atoms with Crippen LogP contribution < -0.4 is 10.9 Å². The standard InChI is InChI=1S/C17H14F3N3O/c1-10-3-5-13(7-11(10)2)16(24)23-22-15-6-4-12(9-21)8-14(15)17(18,19)20/h3-8,22H,1-2H3,(H,23,24). The second kappa shape index (κ2) is 6.62. The van der Waals surface area contributed by atoms with Crippen LogP contribution in [-0.4, -0.2) is 5.91 Å². The average Bonchev–Trinajstić information content (AvgIpc) is 2.54. The smallest absolute Gasteiger partial charge is 0.298 e. The lowest BCUT2D eigenvalue weighted by molar-refractivity contribution is -0.137.